The lowest BCUT2D eigenvalue weighted by Crippen LogP contribution is -2.73. The second-order valence-corrected chi connectivity index (χ2v) is 7.99. The number of amides is 3. The SMILES string of the molecule is CCC1(CC)C(=O)N(C(=O)NCc2cc(C)cc(C)c2)C1Oc1ccc(C(=O)O)cc1. The predicted octanol–water partition coefficient (Wildman–Crippen LogP) is 4.26. The van der Waals surface area contributed by atoms with E-state index in [-0.39, 0.29) is 11.5 Å². The van der Waals surface area contributed by atoms with Gasteiger partial charge in [-0.25, -0.2) is 14.5 Å². The molecular formula is C24H28N2O5. The predicted molar refractivity (Wildman–Crippen MR) is 116 cm³/mol. The molecule has 1 saturated heterocycles. The number of carbonyl (C=O) groups is 3. The second kappa shape index (κ2) is 8.79. The number of β-lactam (4-membered cyclic amide) rings is 1. The summed E-state index contributed by atoms with van der Waals surface area (Å²) in [7, 11) is 0. The smallest absolute Gasteiger partial charge is 0.335 e. The largest absolute Gasteiger partial charge is 0.478 e. The number of rotatable bonds is 7. The molecule has 1 atom stereocenters. The first-order valence-corrected chi connectivity index (χ1v) is 10.4. The van der Waals surface area contributed by atoms with E-state index in [0.29, 0.717) is 25.1 Å². The Morgan fingerprint density at radius 1 is 1.06 bits per heavy atom. The van der Waals surface area contributed by atoms with E-state index < -0.39 is 23.6 Å². The Kier molecular flexibility index (Phi) is 6.34. The van der Waals surface area contributed by atoms with E-state index in [2.05, 4.69) is 11.4 Å². The van der Waals surface area contributed by atoms with Gasteiger partial charge in [-0.2, -0.15) is 0 Å². The highest BCUT2D eigenvalue weighted by Gasteiger charge is 2.62. The van der Waals surface area contributed by atoms with Gasteiger partial charge in [-0.1, -0.05) is 43.2 Å². The summed E-state index contributed by atoms with van der Waals surface area (Å²) in [6.07, 6.45) is 0.298. The van der Waals surface area contributed by atoms with Gasteiger partial charge in [0.15, 0.2) is 6.23 Å². The van der Waals surface area contributed by atoms with Crippen molar-refractivity contribution in [2.24, 2.45) is 5.41 Å². The zero-order chi connectivity index (χ0) is 22.8. The van der Waals surface area contributed by atoms with Crippen LogP contribution in [0.4, 0.5) is 4.79 Å². The summed E-state index contributed by atoms with van der Waals surface area (Å²) < 4.78 is 6.03. The number of ether oxygens (including phenoxy) is 1. The zero-order valence-electron chi connectivity index (χ0n) is 18.3. The zero-order valence-corrected chi connectivity index (χ0v) is 18.3. The molecule has 1 heterocycles. The molecule has 0 radical (unpaired) electrons. The number of benzene rings is 2. The molecule has 1 unspecified atom stereocenters. The molecule has 7 heteroatoms. The Balaban J connectivity index is 1.77. The number of carboxylic acid groups (broad SMARTS) is 1. The molecule has 3 amide bonds. The van der Waals surface area contributed by atoms with Crippen LogP contribution in [0.25, 0.3) is 0 Å². The molecule has 0 bridgehead atoms. The summed E-state index contributed by atoms with van der Waals surface area (Å²) in [6.45, 7) is 8.09. The van der Waals surface area contributed by atoms with Gasteiger partial charge in [0.05, 0.1) is 5.56 Å². The number of imide groups is 1. The van der Waals surface area contributed by atoms with Crippen molar-refractivity contribution in [2.45, 2.75) is 53.3 Å². The molecule has 164 valence electrons. The normalized spacial score (nSPS) is 17.1. The van der Waals surface area contributed by atoms with E-state index in [1.165, 1.54) is 24.3 Å². The van der Waals surface area contributed by atoms with Crippen LogP contribution < -0.4 is 10.1 Å². The lowest BCUT2D eigenvalue weighted by Gasteiger charge is -2.53. The van der Waals surface area contributed by atoms with Crippen LogP contribution in [-0.2, 0) is 11.3 Å². The Morgan fingerprint density at radius 2 is 1.65 bits per heavy atom. The summed E-state index contributed by atoms with van der Waals surface area (Å²) in [6, 6.07) is 11.5. The van der Waals surface area contributed by atoms with Crippen LogP contribution in [0.2, 0.25) is 0 Å². The highest BCUT2D eigenvalue weighted by Crippen LogP contribution is 2.46. The lowest BCUT2D eigenvalue weighted by molar-refractivity contribution is -0.190. The molecule has 2 aromatic carbocycles. The van der Waals surface area contributed by atoms with Gasteiger partial charge in [0.2, 0.25) is 5.91 Å². The Hall–Kier alpha value is -3.35. The molecule has 1 aliphatic rings. The minimum Gasteiger partial charge on any atom is -0.478 e. The molecule has 31 heavy (non-hydrogen) atoms. The van der Waals surface area contributed by atoms with Crippen molar-refractivity contribution >= 4 is 17.9 Å². The molecule has 2 N–H and O–H groups in total. The third kappa shape index (κ3) is 4.26. The quantitative estimate of drug-likeness (QED) is 0.648. The highest BCUT2D eigenvalue weighted by atomic mass is 16.5. The average molecular weight is 424 g/mol. The van der Waals surface area contributed by atoms with Crippen molar-refractivity contribution in [3.8, 4) is 5.75 Å². The van der Waals surface area contributed by atoms with Crippen molar-refractivity contribution in [3.05, 3.63) is 64.7 Å². The summed E-state index contributed by atoms with van der Waals surface area (Å²) >= 11 is 0. The number of hydrogen-bond acceptors (Lipinski definition) is 4. The van der Waals surface area contributed by atoms with Gasteiger partial charge in [0, 0.05) is 6.54 Å². The van der Waals surface area contributed by atoms with Gasteiger partial charge in [-0.15, -0.1) is 0 Å². The summed E-state index contributed by atoms with van der Waals surface area (Å²) in [5, 5.41) is 11.9. The maximum atomic E-state index is 13.0. The van der Waals surface area contributed by atoms with Crippen molar-refractivity contribution in [1.29, 1.82) is 0 Å². The lowest BCUT2D eigenvalue weighted by atomic mass is 9.72. The number of carbonyl (C=O) groups excluding carboxylic acids is 2. The van der Waals surface area contributed by atoms with E-state index in [1.54, 1.807) is 0 Å². The monoisotopic (exact) mass is 424 g/mol. The standard InChI is InChI=1S/C24H28N2O5/c1-5-24(6-2)21(29)26(22(24)31-19-9-7-18(8-10-19)20(27)28)23(30)25-14-17-12-15(3)11-16(4)13-17/h7-13,22H,5-6,14H2,1-4H3,(H,25,30)(H,27,28). The van der Waals surface area contributed by atoms with Crippen molar-refractivity contribution in [1.82, 2.24) is 10.2 Å². The first-order valence-electron chi connectivity index (χ1n) is 10.4. The van der Waals surface area contributed by atoms with Gasteiger partial charge >= 0.3 is 12.0 Å². The number of carboxylic acids is 1. The first kappa shape index (κ1) is 22.3. The van der Waals surface area contributed by atoms with Crippen LogP contribution in [0.5, 0.6) is 5.75 Å². The number of likely N-dealkylation sites (tertiary alicyclic amines) is 1. The number of aryl methyl sites for hydroxylation is 2. The van der Waals surface area contributed by atoms with Gasteiger partial charge in [-0.3, -0.25) is 4.79 Å². The third-order valence-electron chi connectivity index (χ3n) is 5.91. The Morgan fingerprint density at radius 3 is 2.16 bits per heavy atom. The van der Waals surface area contributed by atoms with Gasteiger partial charge < -0.3 is 15.2 Å². The molecule has 3 rings (SSSR count). The fraction of sp³-hybridized carbons (Fsp3) is 0.375. The van der Waals surface area contributed by atoms with Crippen LogP contribution in [0.15, 0.2) is 42.5 Å². The summed E-state index contributed by atoms with van der Waals surface area (Å²) in [5.41, 5.74) is 2.51. The van der Waals surface area contributed by atoms with E-state index in [9.17, 15) is 14.4 Å². The van der Waals surface area contributed by atoms with E-state index in [0.717, 1.165) is 21.6 Å². The molecule has 1 aliphatic heterocycles. The maximum absolute atomic E-state index is 13.0. The van der Waals surface area contributed by atoms with Crippen molar-refractivity contribution < 1.29 is 24.2 Å². The molecule has 2 aromatic rings. The summed E-state index contributed by atoms with van der Waals surface area (Å²) in [5.74, 6) is -0.891. The number of aromatic carboxylic acids is 1. The van der Waals surface area contributed by atoms with Crippen LogP contribution >= 0.6 is 0 Å². The number of urea groups is 1. The van der Waals surface area contributed by atoms with Gasteiger partial charge in [0.1, 0.15) is 11.2 Å². The molecule has 1 fully saturated rings. The third-order valence-corrected chi connectivity index (χ3v) is 5.91. The second-order valence-electron chi connectivity index (χ2n) is 7.99. The molecule has 0 aliphatic carbocycles. The molecule has 0 spiro atoms. The fourth-order valence-corrected chi connectivity index (χ4v) is 4.14. The highest BCUT2D eigenvalue weighted by molar-refractivity contribution is 6.03. The molecule has 0 aromatic heterocycles. The van der Waals surface area contributed by atoms with E-state index in [1.807, 2.05) is 39.8 Å². The van der Waals surface area contributed by atoms with E-state index in [4.69, 9.17) is 9.84 Å². The summed E-state index contributed by atoms with van der Waals surface area (Å²) in [4.78, 5) is 38.0. The molecule has 7 nitrogen and oxygen atoms in total. The Bertz CT molecular complexity index is 975. The fourth-order valence-electron chi connectivity index (χ4n) is 4.14. The van der Waals surface area contributed by atoms with Crippen LogP contribution in [0.1, 0.15) is 53.7 Å². The van der Waals surface area contributed by atoms with Crippen LogP contribution in [0.3, 0.4) is 0 Å². The Labute approximate surface area is 182 Å². The van der Waals surface area contributed by atoms with Gasteiger partial charge in [-0.05, 0) is 56.5 Å². The number of hydrogen-bond donors (Lipinski definition) is 2. The topological polar surface area (TPSA) is 95.9 Å². The molecule has 0 saturated carbocycles. The first-order chi connectivity index (χ1) is 14.7. The number of nitrogens with one attached hydrogen (secondary N) is 1. The number of nitrogens with zero attached hydrogens (tertiary/aromatic N) is 1. The minimum atomic E-state index is -1.03. The minimum absolute atomic E-state index is 0.136. The maximum Gasteiger partial charge on any atom is 0.335 e. The van der Waals surface area contributed by atoms with Crippen molar-refractivity contribution in [2.75, 3.05) is 0 Å². The van der Waals surface area contributed by atoms with Crippen molar-refractivity contribution in [3.63, 3.8) is 0 Å². The van der Waals surface area contributed by atoms with Crippen LogP contribution in [0, 0.1) is 19.3 Å². The van der Waals surface area contributed by atoms with Crippen LogP contribution in [-0.4, -0.2) is 34.1 Å². The van der Waals surface area contributed by atoms with Gasteiger partial charge in [0.25, 0.3) is 0 Å². The average Bonchev–Trinajstić information content (AvgIpc) is 2.73. The molecular weight excluding hydrogens is 396 g/mol. The van der Waals surface area contributed by atoms with E-state index >= 15 is 0 Å².